The maximum Gasteiger partial charge on any atom is 0.423 e. The average Bonchev–Trinajstić information content (AvgIpc) is 2.85. The van der Waals surface area contributed by atoms with Crippen LogP contribution in [0.5, 0.6) is 0 Å². The lowest BCUT2D eigenvalue weighted by molar-refractivity contribution is -0.139. The molecular weight excluding hydrogens is 368 g/mol. The summed E-state index contributed by atoms with van der Waals surface area (Å²) in [5.74, 6) is 0. The lowest BCUT2D eigenvalue weighted by atomic mass is 10.1. The normalized spacial score (nSPS) is 11.7. The van der Waals surface area contributed by atoms with E-state index >= 15 is 0 Å². The molecule has 0 unspecified atom stereocenters. The van der Waals surface area contributed by atoms with Gasteiger partial charge in [0.1, 0.15) is 17.2 Å². The van der Waals surface area contributed by atoms with Gasteiger partial charge in [0, 0.05) is 16.8 Å². The molecular formula is C14H5Cl2F3N4O. The Balaban J connectivity index is 2.37. The number of hydrogen-bond acceptors (Lipinski definition) is 3. The molecule has 24 heavy (non-hydrogen) atoms. The number of rotatable bonds is 1. The van der Waals surface area contributed by atoms with Gasteiger partial charge in [0.05, 0.1) is 10.7 Å². The van der Waals surface area contributed by atoms with Gasteiger partial charge in [-0.05, 0) is 18.2 Å². The zero-order chi connectivity index (χ0) is 17.6. The van der Waals surface area contributed by atoms with Crippen LogP contribution >= 0.6 is 23.2 Å². The largest absolute Gasteiger partial charge is 0.423 e. The summed E-state index contributed by atoms with van der Waals surface area (Å²) in [4.78, 5) is 15.6. The minimum atomic E-state index is -4.86. The van der Waals surface area contributed by atoms with Crippen molar-refractivity contribution in [3.05, 3.63) is 55.9 Å². The predicted molar refractivity (Wildman–Crippen MR) is 81.0 cm³/mol. The van der Waals surface area contributed by atoms with Crippen molar-refractivity contribution in [1.29, 1.82) is 5.26 Å². The van der Waals surface area contributed by atoms with Crippen molar-refractivity contribution in [2.75, 3.05) is 0 Å². The van der Waals surface area contributed by atoms with Crippen molar-refractivity contribution in [3.8, 4) is 17.3 Å². The van der Waals surface area contributed by atoms with Crippen LogP contribution in [0.15, 0.2) is 29.2 Å². The summed E-state index contributed by atoms with van der Waals surface area (Å²) in [6, 6.07) is 6.19. The highest BCUT2D eigenvalue weighted by Gasteiger charge is 2.35. The number of nitriles is 1. The van der Waals surface area contributed by atoms with Crippen molar-refractivity contribution in [2.45, 2.75) is 6.18 Å². The summed E-state index contributed by atoms with van der Waals surface area (Å²) in [6.45, 7) is 0. The number of H-pyrrole nitrogens is 1. The van der Waals surface area contributed by atoms with Gasteiger partial charge in [-0.3, -0.25) is 9.89 Å². The van der Waals surface area contributed by atoms with Gasteiger partial charge in [0.2, 0.25) is 0 Å². The number of aromatic amines is 1. The summed E-state index contributed by atoms with van der Waals surface area (Å²) in [7, 11) is 0. The minimum Gasteiger partial charge on any atom is -0.287 e. The first kappa shape index (κ1) is 16.4. The zero-order valence-electron chi connectivity index (χ0n) is 11.4. The zero-order valence-corrected chi connectivity index (χ0v) is 13.0. The van der Waals surface area contributed by atoms with Crippen LogP contribution in [0.25, 0.3) is 16.9 Å². The first-order valence-corrected chi connectivity index (χ1v) is 7.06. The van der Waals surface area contributed by atoms with Crippen molar-refractivity contribution < 1.29 is 13.2 Å². The summed E-state index contributed by atoms with van der Waals surface area (Å²) in [5, 5.41) is 12.3. The van der Waals surface area contributed by atoms with Crippen LogP contribution in [0.4, 0.5) is 13.2 Å². The Morgan fingerprint density at radius 3 is 2.58 bits per heavy atom. The molecule has 3 aromatic rings. The van der Waals surface area contributed by atoms with Crippen LogP contribution < -0.4 is 5.56 Å². The number of halogens is 5. The Labute approximate surface area is 141 Å². The minimum absolute atomic E-state index is 0.0723. The van der Waals surface area contributed by atoms with E-state index in [1.165, 1.54) is 18.2 Å². The van der Waals surface area contributed by atoms with Gasteiger partial charge in [-0.25, -0.2) is 4.98 Å². The second-order valence-electron chi connectivity index (χ2n) is 4.73. The summed E-state index contributed by atoms with van der Waals surface area (Å²) in [6.07, 6.45) is -4.46. The van der Waals surface area contributed by atoms with Crippen LogP contribution in [0.1, 0.15) is 11.1 Å². The molecule has 2 heterocycles. The topological polar surface area (TPSA) is 73.9 Å². The number of benzene rings is 1. The molecule has 0 saturated carbocycles. The van der Waals surface area contributed by atoms with Gasteiger partial charge in [0.15, 0.2) is 5.65 Å². The fraction of sp³-hybridized carbons (Fsp3) is 0.0714. The van der Waals surface area contributed by atoms with E-state index in [1.54, 1.807) is 0 Å². The number of alkyl halides is 3. The smallest absolute Gasteiger partial charge is 0.287 e. The van der Waals surface area contributed by atoms with Crippen molar-refractivity contribution >= 4 is 28.8 Å². The van der Waals surface area contributed by atoms with E-state index in [-0.39, 0.29) is 21.9 Å². The molecule has 0 atom stereocenters. The second-order valence-corrected chi connectivity index (χ2v) is 5.58. The van der Waals surface area contributed by atoms with E-state index in [2.05, 4.69) is 10.1 Å². The summed E-state index contributed by atoms with van der Waals surface area (Å²) < 4.78 is 39.1. The number of nitrogens with one attached hydrogen (secondary N) is 1. The number of aromatic nitrogens is 3. The van der Waals surface area contributed by atoms with Gasteiger partial charge >= 0.3 is 6.18 Å². The van der Waals surface area contributed by atoms with Crippen molar-refractivity contribution in [2.24, 2.45) is 0 Å². The average molecular weight is 373 g/mol. The van der Waals surface area contributed by atoms with Gasteiger partial charge in [-0.1, -0.05) is 23.2 Å². The second kappa shape index (κ2) is 5.54. The van der Waals surface area contributed by atoms with E-state index in [0.717, 1.165) is 0 Å². The van der Waals surface area contributed by atoms with E-state index in [0.29, 0.717) is 21.3 Å². The molecule has 0 saturated heterocycles. The molecule has 2 aromatic heterocycles. The van der Waals surface area contributed by atoms with Crippen molar-refractivity contribution in [3.63, 3.8) is 0 Å². The molecule has 10 heteroatoms. The van der Waals surface area contributed by atoms with Crippen LogP contribution in [-0.2, 0) is 6.18 Å². The number of fused-ring (bicyclic) bond motifs is 1. The molecule has 0 spiro atoms. The van der Waals surface area contributed by atoms with E-state index < -0.39 is 17.3 Å². The molecule has 1 N–H and O–H groups in total. The Hall–Kier alpha value is -2.50. The molecule has 0 aliphatic rings. The van der Waals surface area contributed by atoms with Crippen LogP contribution in [0.2, 0.25) is 10.0 Å². The number of hydrogen-bond donors (Lipinski definition) is 1. The third-order valence-electron chi connectivity index (χ3n) is 3.28. The highest BCUT2D eigenvalue weighted by molar-refractivity contribution is 6.36. The molecule has 0 amide bonds. The Morgan fingerprint density at radius 2 is 2.00 bits per heavy atom. The van der Waals surface area contributed by atoms with Gasteiger partial charge in [0.25, 0.3) is 5.56 Å². The highest BCUT2D eigenvalue weighted by atomic mass is 35.5. The van der Waals surface area contributed by atoms with Gasteiger partial charge in [-0.15, -0.1) is 0 Å². The van der Waals surface area contributed by atoms with Crippen LogP contribution in [0, 0.1) is 11.3 Å². The lowest BCUT2D eigenvalue weighted by Gasteiger charge is -2.04. The maximum atomic E-state index is 12.8. The fourth-order valence-electron chi connectivity index (χ4n) is 2.20. The predicted octanol–water partition coefficient (Wildman–Crippen LogP) is 3.89. The standard InChI is InChI=1S/C14H5Cl2F3N4O/c15-6-1-2-7(10(16)3-6)11-8(4-20)12-21-5-9(14(17,18)19)13(24)23(12)22-11/h1-3,5,22H. The Kier molecular flexibility index (Phi) is 3.78. The third kappa shape index (κ3) is 2.52. The number of nitrogens with zero attached hydrogens (tertiary/aromatic N) is 3. The first-order chi connectivity index (χ1) is 11.2. The molecule has 0 aliphatic carbocycles. The summed E-state index contributed by atoms with van der Waals surface area (Å²) in [5.41, 5.74) is -2.76. The van der Waals surface area contributed by atoms with E-state index in [9.17, 15) is 23.2 Å². The van der Waals surface area contributed by atoms with Crippen molar-refractivity contribution in [1.82, 2.24) is 14.6 Å². The van der Waals surface area contributed by atoms with Crippen LogP contribution in [0.3, 0.4) is 0 Å². The molecule has 0 aliphatic heterocycles. The SMILES string of the molecule is N#Cc1c(-c2ccc(Cl)cc2Cl)[nH]n2c(=O)c(C(F)(F)F)cnc12. The lowest BCUT2D eigenvalue weighted by Crippen LogP contribution is -2.25. The highest BCUT2D eigenvalue weighted by Crippen LogP contribution is 2.33. The monoisotopic (exact) mass is 372 g/mol. The summed E-state index contributed by atoms with van der Waals surface area (Å²) >= 11 is 11.9. The molecule has 0 radical (unpaired) electrons. The third-order valence-corrected chi connectivity index (χ3v) is 3.82. The van der Waals surface area contributed by atoms with E-state index in [4.69, 9.17) is 23.2 Å². The molecule has 0 fully saturated rings. The maximum absolute atomic E-state index is 12.8. The molecule has 5 nitrogen and oxygen atoms in total. The van der Waals surface area contributed by atoms with Gasteiger partial charge in [-0.2, -0.15) is 22.9 Å². The quantitative estimate of drug-likeness (QED) is 0.704. The van der Waals surface area contributed by atoms with Crippen LogP contribution in [-0.4, -0.2) is 14.6 Å². The Morgan fingerprint density at radius 1 is 1.29 bits per heavy atom. The van der Waals surface area contributed by atoms with E-state index in [1.807, 2.05) is 6.07 Å². The first-order valence-electron chi connectivity index (χ1n) is 6.30. The Bertz CT molecular complexity index is 1060. The molecule has 3 rings (SSSR count). The fourth-order valence-corrected chi connectivity index (χ4v) is 2.71. The van der Waals surface area contributed by atoms with Gasteiger partial charge < -0.3 is 0 Å². The molecule has 1 aromatic carbocycles. The molecule has 0 bridgehead atoms. The molecule has 122 valence electrons.